The van der Waals surface area contributed by atoms with E-state index in [4.69, 9.17) is 0 Å². The summed E-state index contributed by atoms with van der Waals surface area (Å²) < 4.78 is 0. The second-order valence-corrected chi connectivity index (χ2v) is 11.9. The molecule has 4 aromatic carbocycles. The molecule has 0 N–H and O–H groups in total. The Morgan fingerprint density at radius 2 is 0.738 bits per heavy atom. The third-order valence-corrected chi connectivity index (χ3v) is 8.80. The van der Waals surface area contributed by atoms with E-state index in [9.17, 15) is 4.79 Å². The van der Waals surface area contributed by atoms with Crippen LogP contribution in [-0.2, 0) is 16.6 Å². The van der Waals surface area contributed by atoms with Gasteiger partial charge in [-0.2, -0.15) is 0 Å². The van der Waals surface area contributed by atoms with Gasteiger partial charge < -0.3 is 0 Å². The van der Waals surface area contributed by atoms with Crippen LogP contribution in [0.15, 0.2) is 121 Å². The standard InChI is InChI=1S/C41H50O/c42-40(35-36-25-15-11-16-26-36)33-23-9-7-5-3-1-2-4-6-8-10-24-34-41(37-27-17-12-18-28-37,38-29-19-13-20-30-38)39-31-21-14-22-32-39/h11-22,25-32H,1-10,23-24,33-35H2. The van der Waals surface area contributed by atoms with Crippen LogP contribution in [-0.4, -0.2) is 5.78 Å². The molecule has 0 bridgehead atoms. The molecule has 0 heterocycles. The van der Waals surface area contributed by atoms with Crippen LogP contribution in [0, 0.1) is 0 Å². The first-order valence-corrected chi connectivity index (χ1v) is 16.5. The van der Waals surface area contributed by atoms with Gasteiger partial charge in [-0.25, -0.2) is 0 Å². The maximum absolute atomic E-state index is 12.2. The highest BCUT2D eigenvalue weighted by atomic mass is 16.1. The van der Waals surface area contributed by atoms with Gasteiger partial charge in [-0.05, 0) is 35.1 Å². The molecule has 0 saturated heterocycles. The van der Waals surface area contributed by atoms with Crippen molar-refractivity contribution in [1.82, 2.24) is 0 Å². The Bertz CT molecular complexity index is 1150. The van der Waals surface area contributed by atoms with E-state index in [1.54, 1.807) is 0 Å². The molecule has 0 fully saturated rings. The topological polar surface area (TPSA) is 17.1 Å². The third-order valence-electron chi connectivity index (χ3n) is 8.80. The van der Waals surface area contributed by atoms with E-state index in [2.05, 4.69) is 91.0 Å². The van der Waals surface area contributed by atoms with Crippen molar-refractivity contribution >= 4 is 5.78 Å². The minimum atomic E-state index is -0.112. The van der Waals surface area contributed by atoms with Gasteiger partial charge in [-0.15, -0.1) is 0 Å². The lowest BCUT2D eigenvalue weighted by molar-refractivity contribution is -0.118. The molecule has 220 valence electrons. The molecule has 0 radical (unpaired) electrons. The fourth-order valence-electron chi connectivity index (χ4n) is 6.49. The number of rotatable bonds is 20. The molecule has 0 aromatic heterocycles. The number of hydrogen-bond donors (Lipinski definition) is 0. The smallest absolute Gasteiger partial charge is 0.137 e. The van der Waals surface area contributed by atoms with Gasteiger partial charge in [0.25, 0.3) is 0 Å². The predicted molar refractivity (Wildman–Crippen MR) is 179 cm³/mol. The zero-order valence-electron chi connectivity index (χ0n) is 25.6. The number of Topliss-reactive ketones (excluding diaryl/α,β-unsaturated/α-hetero) is 1. The SMILES string of the molecule is O=C(CCCCCCCCCCCCCCC(c1ccccc1)(c1ccccc1)c1ccccc1)Cc1ccccc1. The summed E-state index contributed by atoms with van der Waals surface area (Å²) in [5.74, 6) is 0.382. The third kappa shape index (κ3) is 9.83. The number of benzene rings is 4. The molecular formula is C41H50O. The Hall–Kier alpha value is -3.45. The molecule has 0 aliphatic heterocycles. The second-order valence-electron chi connectivity index (χ2n) is 11.9. The largest absolute Gasteiger partial charge is 0.299 e. The first kappa shape index (κ1) is 31.5. The van der Waals surface area contributed by atoms with Gasteiger partial charge in [0.05, 0.1) is 0 Å². The van der Waals surface area contributed by atoms with Crippen LogP contribution in [0.2, 0.25) is 0 Å². The van der Waals surface area contributed by atoms with E-state index < -0.39 is 0 Å². The zero-order valence-corrected chi connectivity index (χ0v) is 25.6. The van der Waals surface area contributed by atoms with Crippen LogP contribution in [0.25, 0.3) is 0 Å². The summed E-state index contributed by atoms with van der Waals surface area (Å²) in [5, 5.41) is 0. The maximum Gasteiger partial charge on any atom is 0.137 e. The molecule has 0 amide bonds. The molecule has 0 unspecified atom stereocenters. The molecule has 0 atom stereocenters. The van der Waals surface area contributed by atoms with Crippen molar-refractivity contribution < 1.29 is 4.79 Å². The van der Waals surface area contributed by atoms with E-state index >= 15 is 0 Å². The lowest BCUT2D eigenvalue weighted by Crippen LogP contribution is -2.29. The van der Waals surface area contributed by atoms with E-state index in [-0.39, 0.29) is 5.41 Å². The quantitative estimate of drug-likeness (QED) is 0.0778. The van der Waals surface area contributed by atoms with Crippen LogP contribution >= 0.6 is 0 Å². The van der Waals surface area contributed by atoms with Gasteiger partial charge in [0.2, 0.25) is 0 Å². The van der Waals surface area contributed by atoms with E-state index in [1.165, 1.54) is 87.3 Å². The molecule has 0 aliphatic rings. The first-order chi connectivity index (χ1) is 20.8. The molecule has 4 rings (SSSR count). The lowest BCUT2D eigenvalue weighted by Gasteiger charge is -2.36. The predicted octanol–water partition coefficient (Wildman–Crippen LogP) is 11.3. The minimum Gasteiger partial charge on any atom is -0.299 e. The van der Waals surface area contributed by atoms with Crippen molar-refractivity contribution in [2.45, 2.75) is 102 Å². The normalized spacial score (nSPS) is 11.4. The Kier molecular flexibility index (Phi) is 13.6. The van der Waals surface area contributed by atoms with E-state index in [0.29, 0.717) is 12.2 Å². The number of carbonyl (C=O) groups is 1. The molecule has 0 saturated carbocycles. The fourth-order valence-corrected chi connectivity index (χ4v) is 6.49. The average molecular weight is 559 g/mol. The highest BCUT2D eigenvalue weighted by molar-refractivity contribution is 5.80. The molecule has 0 spiro atoms. The van der Waals surface area contributed by atoms with Gasteiger partial charge in [-0.1, -0.05) is 192 Å². The van der Waals surface area contributed by atoms with Gasteiger partial charge >= 0.3 is 0 Å². The minimum absolute atomic E-state index is 0.112. The maximum atomic E-state index is 12.2. The average Bonchev–Trinajstić information content (AvgIpc) is 3.05. The summed E-state index contributed by atoms with van der Waals surface area (Å²) in [4.78, 5) is 12.2. The fraction of sp³-hybridized carbons (Fsp3) is 0.390. The zero-order chi connectivity index (χ0) is 29.1. The van der Waals surface area contributed by atoms with Crippen molar-refractivity contribution in [1.29, 1.82) is 0 Å². The first-order valence-electron chi connectivity index (χ1n) is 16.5. The summed E-state index contributed by atoms with van der Waals surface area (Å²) in [6, 6.07) is 43.5. The van der Waals surface area contributed by atoms with Crippen LogP contribution in [0.5, 0.6) is 0 Å². The number of carbonyl (C=O) groups excluding carboxylic acids is 1. The van der Waals surface area contributed by atoms with Gasteiger partial charge in [0, 0.05) is 18.3 Å². The number of ketones is 1. The summed E-state index contributed by atoms with van der Waals surface area (Å²) >= 11 is 0. The summed E-state index contributed by atoms with van der Waals surface area (Å²) in [6.07, 6.45) is 17.9. The van der Waals surface area contributed by atoms with Gasteiger partial charge in [0.1, 0.15) is 5.78 Å². The summed E-state index contributed by atoms with van der Waals surface area (Å²) in [6.45, 7) is 0. The lowest BCUT2D eigenvalue weighted by atomic mass is 9.66. The van der Waals surface area contributed by atoms with Crippen molar-refractivity contribution in [3.8, 4) is 0 Å². The molecule has 4 aromatic rings. The highest BCUT2D eigenvalue weighted by Crippen LogP contribution is 2.43. The Morgan fingerprint density at radius 3 is 1.14 bits per heavy atom. The van der Waals surface area contributed by atoms with Crippen LogP contribution in [0.1, 0.15) is 112 Å². The van der Waals surface area contributed by atoms with E-state index in [0.717, 1.165) is 24.8 Å². The van der Waals surface area contributed by atoms with Crippen molar-refractivity contribution in [2.24, 2.45) is 0 Å². The molecule has 0 aliphatic carbocycles. The van der Waals surface area contributed by atoms with Crippen LogP contribution in [0.4, 0.5) is 0 Å². The number of hydrogen-bond acceptors (Lipinski definition) is 1. The van der Waals surface area contributed by atoms with E-state index in [1.807, 2.05) is 30.3 Å². The Labute approximate surface area is 255 Å². The Morgan fingerprint density at radius 1 is 0.405 bits per heavy atom. The monoisotopic (exact) mass is 558 g/mol. The molecule has 1 nitrogen and oxygen atoms in total. The van der Waals surface area contributed by atoms with Gasteiger partial charge in [0.15, 0.2) is 0 Å². The van der Waals surface area contributed by atoms with Crippen molar-refractivity contribution in [3.63, 3.8) is 0 Å². The molecule has 42 heavy (non-hydrogen) atoms. The van der Waals surface area contributed by atoms with Crippen LogP contribution in [0.3, 0.4) is 0 Å². The summed E-state index contributed by atoms with van der Waals surface area (Å²) in [7, 11) is 0. The van der Waals surface area contributed by atoms with Gasteiger partial charge in [-0.3, -0.25) is 4.79 Å². The molecular weight excluding hydrogens is 508 g/mol. The summed E-state index contributed by atoms with van der Waals surface area (Å²) in [5.41, 5.74) is 5.20. The van der Waals surface area contributed by atoms with Crippen LogP contribution < -0.4 is 0 Å². The number of unbranched alkanes of at least 4 members (excludes halogenated alkanes) is 11. The second kappa shape index (κ2) is 18.2. The Balaban J connectivity index is 1.11. The van der Waals surface area contributed by atoms with Crippen molar-refractivity contribution in [2.75, 3.05) is 0 Å². The highest BCUT2D eigenvalue weighted by Gasteiger charge is 2.35. The molecule has 1 heteroatoms. The van der Waals surface area contributed by atoms with Crippen molar-refractivity contribution in [3.05, 3.63) is 144 Å².